The molecule has 2 amide bonds. The van der Waals surface area contributed by atoms with E-state index in [2.05, 4.69) is 24.5 Å². The van der Waals surface area contributed by atoms with E-state index in [1.165, 1.54) is 25.7 Å². The standard InChI is InChI=1S/C15H28N2O/c1-11-8-9-14(10-12(11)2)17-15(18)16-13-6-4-3-5-7-13/h11-14H,3-10H2,1-2H3,(H2,16,17,18). The second-order valence-electron chi connectivity index (χ2n) is 6.42. The molecule has 0 aromatic carbocycles. The van der Waals surface area contributed by atoms with Gasteiger partial charge in [-0.1, -0.05) is 33.1 Å². The highest BCUT2D eigenvalue weighted by Gasteiger charge is 2.26. The van der Waals surface area contributed by atoms with Crippen LogP contribution in [0.15, 0.2) is 0 Å². The maximum Gasteiger partial charge on any atom is 0.315 e. The Bertz CT molecular complexity index is 274. The van der Waals surface area contributed by atoms with Crippen LogP contribution < -0.4 is 10.6 Å². The Balaban J connectivity index is 1.70. The molecule has 3 unspecified atom stereocenters. The summed E-state index contributed by atoms with van der Waals surface area (Å²) in [5.74, 6) is 1.54. The Hall–Kier alpha value is -0.730. The van der Waals surface area contributed by atoms with Crippen LogP contribution in [0, 0.1) is 11.8 Å². The first-order valence-corrected chi connectivity index (χ1v) is 7.72. The Morgan fingerprint density at radius 1 is 0.833 bits per heavy atom. The molecule has 2 aliphatic rings. The highest BCUT2D eigenvalue weighted by molar-refractivity contribution is 5.74. The Morgan fingerprint density at radius 2 is 1.50 bits per heavy atom. The van der Waals surface area contributed by atoms with Gasteiger partial charge >= 0.3 is 6.03 Å². The second kappa shape index (κ2) is 6.44. The van der Waals surface area contributed by atoms with Crippen LogP contribution in [0.1, 0.15) is 65.2 Å². The Labute approximate surface area is 111 Å². The molecule has 0 bridgehead atoms. The van der Waals surface area contributed by atoms with Crippen molar-refractivity contribution in [2.75, 3.05) is 0 Å². The molecule has 3 nitrogen and oxygen atoms in total. The molecule has 0 aromatic heterocycles. The average molecular weight is 252 g/mol. The summed E-state index contributed by atoms with van der Waals surface area (Å²) in [5.41, 5.74) is 0. The van der Waals surface area contributed by atoms with Crippen molar-refractivity contribution in [1.29, 1.82) is 0 Å². The zero-order valence-electron chi connectivity index (χ0n) is 11.9. The molecule has 2 fully saturated rings. The second-order valence-corrected chi connectivity index (χ2v) is 6.42. The van der Waals surface area contributed by atoms with Crippen LogP contribution in [0.3, 0.4) is 0 Å². The third-order valence-corrected chi connectivity index (χ3v) is 4.87. The van der Waals surface area contributed by atoms with E-state index in [0.29, 0.717) is 12.1 Å². The number of amides is 2. The molecule has 0 spiro atoms. The average Bonchev–Trinajstić information content (AvgIpc) is 2.35. The maximum absolute atomic E-state index is 11.9. The lowest BCUT2D eigenvalue weighted by Gasteiger charge is -2.33. The van der Waals surface area contributed by atoms with E-state index in [1.54, 1.807) is 0 Å². The van der Waals surface area contributed by atoms with Gasteiger partial charge in [-0.3, -0.25) is 0 Å². The van der Waals surface area contributed by atoms with Gasteiger partial charge in [0.2, 0.25) is 0 Å². The number of carbonyl (C=O) groups is 1. The topological polar surface area (TPSA) is 41.1 Å². The van der Waals surface area contributed by atoms with Crippen LogP contribution in [0.2, 0.25) is 0 Å². The van der Waals surface area contributed by atoms with Gasteiger partial charge in [0.05, 0.1) is 0 Å². The first-order valence-electron chi connectivity index (χ1n) is 7.72. The lowest BCUT2D eigenvalue weighted by atomic mass is 9.79. The minimum Gasteiger partial charge on any atom is -0.335 e. The van der Waals surface area contributed by atoms with Gasteiger partial charge in [0.15, 0.2) is 0 Å². The van der Waals surface area contributed by atoms with Gasteiger partial charge in [0.1, 0.15) is 0 Å². The molecule has 0 aromatic rings. The first kappa shape index (κ1) is 13.7. The lowest BCUT2D eigenvalue weighted by Crippen LogP contribution is -2.48. The molecule has 2 saturated carbocycles. The van der Waals surface area contributed by atoms with E-state index in [1.807, 2.05) is 0 Å². The SMILES string of the molecule is CC1CCC(NC(=O)NC2CCCCC2)CC1C. The predicted molar refractivity (Wildman–Crippen MR) is 74.5 cm³/mol. The quantitative estimate of drug-likeness (QED) is 0.776. The molecule has 2 rings (SSSR count). The summed E-state index contributed by atoms with van der Waals surface area (Å²) >= 11 is 0. The number of rotatable bonds is 2. The summed E-state index contributed by atoms with van der Waals surface area (Å²) < 4.78 is 0. The van der Waals surface area contributed by atoms with Crippen LogP contribution in [0.4, 0.5) is 4.79 Å². The largest absolute Gasteiger partial charge is 0.335 e. The molecule has 18 heavy (non-hydrogen) atoms. The molecule has 2 N–H and O–H groups in total. The Morgan fingerprint density at radius 3 is 2.17 bits per heavy atom. The van der Waals surface area contributed by atoms with Gasteiger partial charge in [-0.05, 0) is 43.9 Å². The third kappa shape index (κ3) is 3.89. The van der Waals surface area contributed by atoms with E-state index in [4.69, 9.17) is 0 Å². The molecule has 2 aliphatic carbocycles. The van der Waals surface area contributed by atoms with Gasteiger partial charge in [0, 0.05) is 12.1 Å². The fourth-order valence-corrected chi connectivity index (χ4v) is 3.34. The van der Waals surface area contributed by atoms with Gasteiger partial charge in [-0.2, -0.15) is 0 Å². The number of nitrogens with one attached hydrogen (secondary N) is 2. The summed E-state index contributed by atoms with van der Waals surface area (Å²) in [6.07, 6.45) is 9.71. The van der Waals surface area contributed by atoms with E-state index in [-0.39, 0.29) is 6.03 Å². The lowest BCUT2D eigenvalue weighted by molar-refractivity contribution is 0.204. The van der Waals surface area contributed by atoms with E-state index in [9.17, 15) is 4.79 Å². The summed E-state index contributed by atoms with van der Waals surface area (Å²) in [6.45, 7) is 4.63. The van der Waals surface area contributed by atoms with Crippen LogP contribution in [0.5, 0.6) is 0 Å². The predicted octanol–water partition coefficient (Wildman–Crippen LogP) is 3.44. The summed E-state index contributed by atoms with van der Waals surface area (Å²) in [6, 6.07) is 0.868. The van der Waals surface area contributed by atoms with Crippen molar-refractivity contribution in [2.45, 2.75) is 77.3 Å². The normalized spacial score (nSPS) is 34.0. The smallest absolute Gasteiger partial charge is 0.315 e. The number of hydrogen-bond acceptors (Lipinski definition) is 1. The van der Waals surface area contributed by atoms with E-state index < -0.39 is 0 Å². The number of urea groups is 1. The van der Waals surface area contributed by atoms with Gasteiger partial charge in [-0.15, -0.1) is 0 Å². The van der Waals surface area contributed by atoms with Crippen molar-refractivity contribution in [3.8, 4) is 0 Å². The van der Waals surface area contributed by atoms with Gasteiger partial charge < -0.3 is 10.6 Å². The highest BCUT2D eigenvalue weighted by Crippen LogP contribution is 2.29. The zero-order valence-corrected chi connectivity index (χ0v) is 11.9. The summed E-state index contributed by atoms with van der Waals surface area (Å²) in [4.78, 5) is 11.9. The van der Waals surface area contributed by atoms with Crippen LogP contribution in [0.25, 0.3) is 0 Å². The monoisotopic (exact) mass is 252 g/mol. The maximum atomic E-state index is 11.9. The summed E-state index contributed by atoms with van der Waals surface area (Å²) in [7, 11) is 0. The van der Waals surface area contributed by atoms with Crippen LogP contribution in [-0.2, 0) is 0 Å². The van der Waals surface area contributed by atoms with Crippen molar-refractivity contribution >= 4 is 6.03 Å². The zero-order chi connectivity index (χ0) is 13.0. The summed E-state index contributed by atoms with van der Waals surface area (Å²) in [5, 5.41) is 6.31. The minimum absolute atomic E-state index is 0.0636. The fourth-order valence-electron chi connectivity index (χ4n) is 3.34. The number of carbonyl (C=O) groups excluding carboxylic acids is 1. The molecule has 0 heterocycles. The highest BCUT2D eigenvalue weighted by atomic mass is 16.2. The first-order chi connectivity index (χ1) is 8.65. The van der Waals surface area contributed by atoms with Crippen molar-refractivity contribution in [1.82, 2.24) is 10.6 Å². The molecular weight excluding hydrogens is 224 g/mol. The van der Waals surface area contributed by atoms with E-state index >= 15 is 0 Å². The number of hydrogen-bond donors (Lipinski definition) is 2. The Kier molecular flexibility index (Phi) is 4.90. The van der Waals surface area contributed by atoms with Crippen molar-refractivity contribution in [3.63, 3.8) is 0 Å². The van der Waals surface area contributed by atoms with Crippen LogP contribution in [-0.4, -0.2) is 18.1 Å². The van der Waals surface area contributed by atoms with Crippen molar-refractivity contribution in [2.24, 2.45) is 11.8 Å². The molecule has 0 aliphatic heterocycles. The van der Waals surface area contributed by atoms with E-state index in [0.717, 1.165) is 37.5 Å². The molecule has 104 valence electrons. The van der Waals surface area contributed by atoms with Gasteiger partial charge in [0.25, 0.3) is 0 Å². The molecule has 0 radical (unpaired) electrons. The molecule has 3 atom stereocenters. The van der Waals surface area contributed by atoms with Crippen LogP contribution >= 0.6 is 0 Å². The minimum atomic E-state index is 0.0636. The third-order valence-electron chi connectivity index (χ3n) is 4.87. The molecule has 0 saturated heterocycles. The molecule has 3 heteroatoms. The molecular formula is C15H28N2O. The van der Waals surface area contributed by atoms with Crippen molar-refractivity contribution in [3.05, 3.63) is 0 Å². The fraction of sp³-hybridized carbons (Fsp3) is 0.933. The van der Waals surface area contributed by atoms with Gasteiger partial charge in [-0.25, -0.2) is 4.79 Å². The van der Waals surface area contributed by atoms with Crippen molar-refractivity contribution < 1.29 is 4.79 Å².